The molecule has 0 aliphatic carbocycles. The van der Waals surface area contributed by atoms with Crippen molar-refractivity contribution >= 4 is 0 Å². The molecular formula is C8H19NO2. The lowest BCUT2D eigenvalue weighted by Gasteiger charge is -2.29. The predicted molar refractivity (Wildman–Crippen MR) is 45.6 cm³/mol. The van der Waals surface area contributed by atoms with E-state index in [-0.39, 0.29) is 11.7 Å². The predicted octanol–water partition coefficient (Wildman–Crippen LogP) is 0.775. The Hall–Kier alpha value is -0.120. The van der Waals surface area contributed by atoms with Crippen LogP contribution in [-0.2, 0) is 9.47 Å². The second kappa shape index (κ2) is 4.70. The van der Waals surface area contributed by atoms with E-state index in [1.807, 2.05) is 20.8 Å². The molecule has 0 spiro atoms. The summed E-state index contributed by atoms with van der Waals surface area (Å²) < 4.78 is 10.6. The Balaban J connectivity index is 3.87. The molecule has 0 radical (unpaired) electrons. The van der Waals surface area contributed by atoms with E-state index < -0.39 is 0 Å². The van der Waals surface area contributed by atoms with Gasteiger partial charge in [0.05, 0.1) is 12.7 Å². The van der Waals surface area contributed by atoms with Crippen molar-refractivity contribution in [1.29, 1.82) is 0 Å². The summed E-state index contributed by atoms with van der Waals surface area (Å²) in [5, 5.41) is 0. The van der Waals surface area contributed by atoms with Gasteiger partial charge in [0.15, 0.2) is 0 Å². The third-order valence-corrected chi connectivity index (χ3v) is 1.40. The normalized spacial score (nSPS) is 16.9. The van der Waals surface area contributed by atoms with Gasteiger partial charge in [0.2, 0.25) is 0 Å². The van der Waals surface area contributed by atoms with E-state index in [9.17, 15) is 0 Å². The zero-order valence-corrected chi connectivity index (χ0v) is 7.89. The van der Waals surface area contributed by atoms with Gasteiger partial charge in [-0.05, 0) is 20.8 Å². The molecule has 0 aromatic carbocycles. The fourth-order valence-corrected chi connectivity index (χ4v) is 1.02. The lowest BCUT2D eigenvalue weighted by Crippen LogP contribution is -2.43. The van der Waals surface area contributed by atoms with Crippen molar-refractivity contribution < 1.29 is 9.47 Å². The Labute approximate surface area is 68.9 Å². The van der Waals surface area contributed by atoms with Crippen molar-refractivity contribution in [2.24, 2.45) is 5.73 Å². The summed E-state index contributed by atoms with van der Waals surface area (Å²) in [4.78, 5) is 0. The molecule has 0 aromatic rings. The van der Waals surface area contributed by atoms with Crippen LogP contribution in [0, 0.1) is 0 Å². The SMILES string of the molecule is COCC(C)(CN)OC(C)C. The van der Waals surface area contributed by atoms with Gasteiger partial charge in [-0.1, -0.05) is 0 Å². The lowest BCUT2D eigenvalue weighted by atomic mass is 10.1. The van der Waals surface area contributed by atoms with Crippen LogP contribution in [0.4, 0.5) is 0 Å². The average Bonchev–Trinajstić information content (AvgIpc) is 1.87. The molecule has 0 saturated heterocycles. The van der Waals surface area contributed by atoms with Crippen LogP contribution in [0.15, 0.2) is 0 Å². The van der Waals surface area contributed by atoms with Crippen molar-refractivity contribution in [1.82, 2.24) is 0 Å². The molecule has 1 unspecified atom stereocenters. The van der Waals surface area contributed by atoms with Crippen LogP contribution in [0.2, 0.25) is 0 Å². The fraction of sp³-hybridized carbons (Fsp3) is 1.00. The molecule has 3 heteroatoms. The Morgan fingerprint density at radius 2 is 2.00 bits per heavy atom. The zero-order valence-electron chi connectivity index (χ0n) is 7.89. The molecule has 0 aromatic heterocycles. The van der Waals surface area contributed by atoms with Crippen LogP contribution in [0.5, 0.6) is 0 Å². The zero-order chi connectivity index (χ0) is 8.91. The largest absolute Gasteiger partial charge is 0.382 e. The molecule has 0 aliphatic rings. The monoisotopic (exact) mass is 161 g/mol. The van der Waals surface area contributed by atoms with Crippen LogP contribution >= 0.6 is 0 Å². The minimum Gasteiger partial charge on any atom is -0.382 e. The Morgan fingerprint density at radius 1 is 1.45 bits per heavy atom. The highest BCUT2D eigenvalue weighted by Crippen LogP contribution is 2.11. The minimum atomic E-state index is -0.330. The van der Waals surface area contributed by atoms with Crippen LogP contribution in [0.25, 0.3) is 0 Å². The lowest BCUT2D eigenvalue weighted by molar-refractivity contribution is -0.0983. The highest BCUT2D eigenvalue weighted by molar-refractivity contribution is 4.76. The number of methoxy groups -OCH3 is 1. The smallest absolute Gasteiger partial charge is 0.101 e. The van der Waals surface area contributed by atoms with Gasteiger partial charge in [-0.25, -0.2) is 0 Å². The molecular weight excluding hydrogens is 142 g/mol. The van der Waals surface area contributed by atoms with Crippen molar-refractivity contribution in [3.8, 4) is 0 Å². The number of hydrogen-bond donors (Lipinski definition) is 1. The molecule has 0 fully saturated rings. The standard InChI is InChI=1S/C8H19NO2/c1-7(2)11-8(3,5-9)6-10-4/h7H,5-6,9H2,1-4H3. The van der Waals surface area contributed by atoms with Gasteiger partial charge >= 0.3 is 0 Å². The average molecular weight is 161 g/mol. The summed E-state index contributed by atoms with van der Waals surface area (Å²) in [6.07, 6.45) is 0.193. The second-order valence-corrected chi connectivity index (χ2v) is 3.25. The van der Waals surface area contributed by atoms with E-state index in [1.165, 1.54) is 0 Å². The first-order valence-electron chi connectivity index (χ1n) is 3.91. The van der Waals surface area contributed by atoms with Crippen LogP contribution < -0.4 is 5.73 Å². The van der Waals surface area contributed by atoms with Crippen molar-refractivity contribution in [2.45, 2.75) is 32.5 Å². The molecule has 0 bridgehead atoms. The molecule has 68 valence electrons. The van der Waals surface area contributed by atoms with E-state index in [2.05, 4.69) is 0 Å². The van der Waals surface area contributed by atoms with Gasteiger partial charge in [0.1, 0.15) is 5.60 Å². The Morgan fingerprint density at radius 3 is 2.27 bits per heavy atom. The van der Waals surface area contributed by atoms with Crippen molar-refractivity contribution in [2.75, 3.05) is 20.3 Å². The van der Waals surface area contributed by atoms with Crippen LogP contribution in [0.1, 0.15) is 20.8 Å². The maximum Gasteiger partial charge on any atom is 0.101 e. The van der Waals surface area contributed by atoms with Gasteiger partial charge in [-0.2, -0.15) is 0 Å². The third-order valence-electron chi connectivity index (χ3n) is 1.40. The number of nitrogens with two attached hydrogens (primary N) is 1. The third kappa shape index (κ3) is 4.35. The van der Waals surface area contributed by atoms with Crippen molar-refractivity contribution in [3.63, 3.8) is 0 Å². The molecule has 0 saturated carbocycles. The second-order valence-electron chi connectivity index (χ2n) is 3.25. The summed E-state index contributed by atoms with van der Waals surface area (Å²) in [6.45, 7) is 6.96. The Bertz CT molecular complexity index is 106. The van der Waals surface area contributed by atoms with E-state index in [0.29, 0.717) is 13.2 Å². The fourth-order valence-electron chi connectivity index (χ4n) is 1.02. The number of rotatable bonds is 5. The Kier molecular flexibility index (Phi) is 4.65. The van der Waals surface area contributed by atoms with Gasteiger partial charge in [0.25, 0.3) is 0 Å². The molecule has 3 nitrogen and oxygen atoms in total. The number of hydrogen-bond acceptors (Lipinski definition) is 3. The van der Waals surface area contributed by atoms with E-state index >= 15 is 0 Å². The van der Waals surface area contributed by atoms with Gasteiger partial charge < -0.3 is 15.2 Å². The quantitative estimate of drug-likeness (QED) is 0.648. The first-order valence-corrected chi connectivity index (χ1v) is 3.91. The molecule has 0 heterocycles. The molecule has 0 amide bonds. The topological polar surface area (TPSA) is 44.5 Å². The summed E-state index contributed by atoms with van der Waals surface area (Å²) in [5.74, 6) is 0. The van der Waals surface area contributed by atoms with E-state index in [0.717, 1.165) is 0 Å². The van der Waals surface area contributed by atoms with Crippen LogP contribution in [0.3, 0.4) is 0 Å². The molecule has 1 atom stereocenters. The van der Waals surface area contributed by atoms with Gasteiger partial charge in [-0.3, -0.25) is 0 Å². The summed E-state index contributed by atoms with van der Waals surface area (Å²) >= 11 is 0. The van der Waals surface area contributed by atoms with Gasteiger partial charge in [0, 0.05) is 13.7 Å². The first kappa shape index (κ1) is 10.9. The highest BCUT2D eigenvalue weighted by Gasteiger charge is 2.24. The first-order chi connectivity index (χ1) is 5.04. The summed E-state index contributed by atoms with van der Waals surface area (Å²) in [7, 11) is 1.65. The van der Waals surface area contributed by atoms with E-state index in [1.54, 1.807) is 7.11 Å². The molecule has 2 N–H and O–H groups in total. The molecule has 0 rings (SSSR count). The minimum absolute atomic E-state index is 0.193. The maximum atomic E-state index is 5.58. The maximum absolute atomic E-state index is 5.58. The number of ether oxygens (including phenoxy) is 2. The highest BCUT2D eigenvalue weighted by atomic mass is 16.5. The van der Waals surface area contributed by atoms with Gasteiger partial charge in [-0.15, -0.1) is 0 Å². The van der Waals surface area contributed by atoms with Crippen molar-refractivity contribution in [3.05, 3.63) is 0 Å². The van der Waals surface area contributed by atoms with Crippen LogP contribution in [-0.4, -0.2) is 32.0 Å². The summed E-state index contributed by atoms with van der Waals surface area (Å²) in [5.41, 5.74) is 5.21. The molecule has 0 aliphatic heterocycles. The van der Waals surface area contributed by atoms with E-state index in [4.69, 9.17) is 15.2 Å². The summed E-state index contributed by atoms with van der Waals surface area (Å²) in [6, 6.07) is 0. The molecule has 11 heavy (non-hydrogen) atoms.